The van der Waals surface area contributed by atoms with Crippen molar-refractivity contribution in [1.29, 1.82) is 0 Å². The Morgan fingerprint density at radius 1 is 1.24 bits per heavy atom. The fraction of sp³-hybridized carbons (Fsp3) is 0.667. The molecule has 21 heavy (non-hydrogen) atoms. The highest BCUT2D eigenvalue weighted by molar-refractivity contribution is 6.30. The minimum Gasteiger partial charge on any atom is -0.312 e. The summed E-state index contributed by atoms with van der Waals surface area (Å²) in [5, 5.41) is 4.69. The van der Waals surface area contributed by atoms with E-state index in [1.165, 1.54) is 44.1 Å². The molecule has 0 spiro atoms. The number of nitrogens with one attached hydrogen (secondary N) is 1. The lowest BCUT2D eigenvalue weighted by Gasteiger charge is -2.42. The van der Waals surface area contributed by atoms with Crippen LogP contribution in [0.15, 0.2) is 24.3 Å². The Balaban J connectivity index is 1.49. The van der Waals surface area contributed by atoms with Gasteiger partial charge < -0.3 is 10.2 Å². The summed E-state index contributed by atoms with van der Waals surface area (Å²) in [6.45, 7) is 1.15. The minimum absolute atomic E-state index is 0.404. The Morgan fingerprint density at radius 3 is 2.57 bits per heavy atom. The van der Waals surface area contributed by atoms with E-state index < -0.39 is 0 Å². The SMILES string of the molecule is CN(C)C1(CNC2CC(c3cccc(Cl)c3)C2)CCCC1. The van der Waals surface area contributed by atoms with Crippen molar-refractivity contribution in [3.63, 3.8) is 0 Å². The standard InChI is InChI=1S/C18H27ClN2/c1-21(2)18(8-3-4-9-18)13-20-17-11-15(12-17)14-6-5-7-16(19)10-14/h5-7,10,15,17,20H,3-4,8-9,11-13H2,1-2H3. The second-order valence-corrected chi connectivity index (χ2v) is 7.56. The molecule has 2 fully saturated rings. The largest absolute Gasteiger partial charge is 0.312 e. The zero-order valence-electron chi connectivity index (χ0n) is 13.2. The van der Waals surface area contributed by atoms with Crippen LogP contribution in [-0.4, -0.2) is 37.1 Å². The molecule has 0 bridgehead atoms. The van der Waals surface area contributed by atoms with E-state index in [1.807, 2.05) is 6.07 Å². The molecule has 116 valence electrons. The number of likely N-dealkylation sites (N-methyl/N-ethyl adjacent to an activating group) is 1. The van der Waals surface area contributed by atoms with Crippen LogP contribution in [0.25, 0.3) is 0 Å². The first-order valence-corrected chi connectivity index (χ1v) is 8.63. The molecule has 2 saturated carbocycles. The average Bonchev–Trinajstić information content (AvgIpc) is 2.87. The number of nitrogens with zero attached hydrogens (tertiary/aromatic N) is 1. The molecule has 0 amide bonds. The Bertz CT molecular complexity index is 474. The van der Waals surface area contributed by atoms with Crippen molar-refractivity contribution in [3.05, 3.63) is 34.9 Å². The fourth-order valence-corrected chi connectivity index (χ4v) is 4.17. The molecule has 3 rings (SSSR count). The summed E-state index contributed by atoms with van der Waals surface area (Å²) in [6.07, 6.45) is 7.97. The van der Waals surface area contributed by atoms with E-state index in [-0.39, 0.29) is 0 Å². The van der Waals surface area contributed by atoms with Gasteiger partial charge in [0.15, 0.2) is 0 Å². The van der Waals surface area contributed by atoms with E-state index in [0.717, 1.165) is 11.6 Å². The summed E-state index contributed by atoms with van der Waals surface area (Å²) in [4.78, 5) is 2.44. The highest BCUT2D eigenvalue weighted by Crippen LogP contribution is 2.39. The fourth-order valence-electron chi connectivity index (χ4n) is 3.97. The third-order valence-corrected chi connectivity index (χ3v) is 5.90. The van der Waals surface area contributed by atoms with Gasteiger partial charge in [-0.1, -0.05) is 36.6 Å². The maximum absolute atomic E-state index is 6.09. The Hall–Kier alpha value is -0.570. The van der Waals surface area contributed by atoms with Gasteiger partial charge in [0.05, 0.1) is 0 Å². The van der Waals surface area contributed by atoms with Crippen LogP contribution in [-0.2, 0) is 0 Å². The first kappa shape index (κ1) is 15.3. The van der Waals surface area contributed by atoms with E-state index in [1.54, 1.807) is 0 Å². The molecule has 0 aliphatic heterocycles. The zero-order chi connectivity index (χ0) is 14.9. The molecular weight excluding hydrogens is 280 g/mol. The van der Waals surface area contributed by atoms with Crippen LogP contribution in [0.2, 0.25) is 5.02 Å². The predicted molar refractivity (Wildman–Crippen MR) is 90.1 cm³/mol. The quantitative estimate of drug-likeness (QED) is 0.883. The molecule has 0 radical (unpaired) electrons. The molecule has 2 nitrogen and oxygen atoms in total. The monoisotopic (exact) mass is 306 g/mol. The molecule has 0 unspecified atom stereocenters. The maximum atomic E-state index is 6.09. The van der Waals surface area contributed by atoms with E-state index in [0.29, 0.717) is 17.5 Å². The van der Waals surface area contributed by atoms with Gasteiger partial charge in [0.2, 0.25) is 0 Å². The molecule has 1 N–H and O–H groups in total. The summed E-state index contributed by atoms with van der Waals surface area (Å²) in [7, 11) is 4.48. The molecule has 0 atom stereocenters. The van der Waals surface area contributed by atoms with Crippen LogP contribution in [0.3, 0.4) is 0 Å². The lowest BCUT2D eigenvalue weighted by atomic mass is 9.75. The van der Waals surface area contributed by atoms with Crippen molar-refractivity contribution in [2.24, 2.45) is 0 Å². The van der Waals surface area contributed by atoms with E-state index in [4.69, 9.17) is 11.6 Å². The predicted octanol–water partition coefficient (Wildman–Crippen LogP) is 4.05. The van der Waals surface area contributed by atoms with Gasteiger partial charge in [-0.15, -0.1) is 0 Å². The summed E-state index contributed by atoms with van der Waals surface area (Å²) in [5.41, 5.74) is 1.81. The Morgan fingerprint density at radius 2 is 1.95 bits per heavy atom. The zero-order valence-corrected chi connectivity index (χ0v) is 14.0. The summed E-state index contributed by atoms with van der Waals surface area (Å²) >= 11 is 6.09. The normalized spacial score (nSPS) is 27.8. The molecule has 2 aliphatic carbocycles. The topological polar surface area (TPSA) is 15.3 Å². The third kappa shape index (κ3) is 3.28. The number of hydrogen-bond donors (Lipinski definition) is 1. The molecule has 2 aliphatic rings. The first-order chi connectivity index (χ1) is 10.1. The van der Waals surface area contributed by atoms with Crippen molar-refractivity contribution < 1.29 is 0 Å². The average molecular weight is 307 g/mol. The van der Waals surface area contributed by atoms with Crippen LogP contribution in [0.1, 0.15) is 50.0 Å². The Labute approximate surface area is 133 Å². The van der Waals surface area contributed by atoms with Gasteiger partial charge in [0.25, 0.3) is 0 Å². The van der Waals surface area contributed by atoms with Gasteiger partial charge in [0.1, 0.15) is 0 Å². The lowest BCUT2D eigenvalue weighted by Crippen LogP contribution is -2.53. The van der Waals surface area contributed by atoms with Crippen LogP contribution >= 0.6 is 11.6 Å². The van der Waals surface area contributed by atoms with Crippen LogP contribution in [0, 0.1) is 0 Å². The van der Waals surface area contributed by atoms with Gasteiger partial charge in [0, 0.05) is 23.1 Å². The molecule has 1 aromatic carbocycles. The number of benzene rings is 1. The second-order valence-electron chi connectivity index (χ2n) is 7.13. The van der Waals surface area contributed by atoms with Crippen molar-refractivity contribution in [3.8, 4) is 0 Å². The van der Waals surface area contributed by atoms with Gasteiger partial charge in [-0.25, -0.2) is 0 Å². The van der Waals surface area contributed by atoms with Crippen molar-refractivity contribution in [2.45, 2.75) is 56.0 Å². The van der Waals surface area contributed by atoms with Crippen molar-refractivity contribution >= 4 is 11.6 Å². The minimum atomic E-state index is 0.404. The molecule has 0 heterocycles. The van der Waals surface area contributed by atoms with E-state index in [9.17, 15) is 0 Å². The summed E-state index contributed by atoms with van der Waals surface area (Å²) < 4.78 is 0. The van der Waals surface area contributed by atoms with E-state index in [2.05, 4.69) is 42.5 Å². The summed E-state index contributed by atoms with van der Waals surface area (Å²) in [5.74, 6) is 0.695. The number of hydrogen-bond acceptors (Lipinski definition) is 2. The Kier molecular flexibility index (Phi) is 4.58. The lowest BCUT2D eigenvalue weighted by molar-refractivity contribution is 0.138. The summed E-state index contributed by atoms with van der Waals surface area (Å²) in [6, 6.07) is 9.05. The smallest absolute Gasteiger partial charge is 0.0408 e. The number of rotatable bonds is 5. The van der Waals surface area contributed by atoms with Gasteiger partial charge >= 0.3 is 0 Å². The highest BCUT2D eigenvalue weighted by Gasteiger charge is 2.38. The molecule has 3 heteroatoms. The maximum Gasteiger partial charge on any atom is 0.0408 e. The van der Waals surface area contributed by atoms with Crippen molar-refractivity contribution in [2.75, 3.05) is 20.6 Å². The van der Waals surface area contributed by atoms with Crippen LogP contribution in [0.5, 0.6) is 0 Å². The van der Waals surface area contributed by atoms with Gasteiger partial charge in [-0.05, 0) is 63.4 Å². The second kappa shape index (κ2) is 6.28. The van der Waals surface area contributed by atoms with Crippen LogP contribution < -0.4 is 5.32 Å². The first-order valence-electron chi connectivity index (χ1n) is 8.25. The molecule has 1 aromatic rings. The van der Waals surface area contributed by atoms with Crippen molar-refractivity contribution in [1.82, 2.24) is 10.2 Å². The van der Waals surface area contributed by atoms with Gasteiger partial charge in [-0.2, -0.15) is 0 Å². The third-order valence-electron chi connectivity index (χ3n) is 5.66. The highest BCUT2D eigenvalue weighted by atomic mass is 35.5. The molecule has 0 saturated heterocycles. The number of halogens is 1. The molecule has 0 aromatic heterocycles. The molecular formula is C18H27ClN2. The van der Waals surface area contributed by atoms with Crippen LogP contribution in [0.4, 0.5) is 0 Å². The van der Waals surface area contributed by atoms with E-state index >= 15 is 0 Å². The van der Waals surface area contributed by atoms with Gasteiger partial charge in [-0.3, -0.25) is 0 Å².